The van der Waals surface area contributed by atoms with Crippen molar-refractivity contribution in [1.82, 2.24) is 4.90 Å². The zero-order valence-corrected chi connectivity index (χ0v) is 21.3. The maximum Gasteiger partial charge on any atom is 0.346 e. The molecule has 2 atom stereocenters. The molecule has 2 fully saturated rings. The minimum absolute atomic E-state index is 0.107. The second-order valence-corrected chi connectivity index (χ2v) is 12.6. The van der Waals surface area contributed by atoms with Crippen LogP contribution in [0.2, 0.25) is 0 Å². The lowest BCUT2D eigenvalue weighted by molar-refractivity contribution is -0.135. The van der Waals surface area contributed by atoms with Crippen molar-refractivity contribution < 1.29 is 19.8 Å². The second-order valence-electron chi connectivity index (χ2n) is 11.5. The van der Waals surface area contributed by atoms with Crippen LogP contribution in [0.3, 0.4) is 0 Å². The Bertz CT molecular complexity index is 932. The van der Waals surface area contributed by atoms with Crippen molar-refractivity contribution in [2.24, 2.45) is 17.8 Å². The molecule has 0 aromatic carbocycles. The minimum Gasteiger partial charge on any atom is -0.477 e. The molecule has 1 aliphatic heterocycles. The summed E-state index contributed by atoms with van der Waals surface area (Å²) in [7, 11) is 0. The van der Waals surface area contributed by atoms with E-state index >= 15 is 0 Å². The molecule has 1 amide bonds. The molecule has 2 heterocycles. The molecule has 0 saturated heterocycles. The van der Waals surface area contributed by atoms with Crippen LogP contribution in [-0.2, 0) is 10.2 Å². The Morgan fingerprint density at radius 2 is 1.79 bits per heavy atom. The van der Waals surface area contributed by atoms with E-state index in [0.29, 0.717) is 36.7 Å². The summed E-state index contributed by atoms with van der Waals surface area (Å²) in [5.74, 6) is 0.385. The Hall–Kier alpha value is -1.66. The van der Waals surface area contributed by atoms with Gasteiger partial charge in [0.25, 0.3) is 0 Å². The highest BCUT2D eigenvalue weighted by molar-refractivity contribution is 7.14. The second kappa shape index (κ2) is 9.53. The van der Waals surface area contributed by atoms with Crippen LogP contribution in [0.1, 0.15) is 99.2 Å². The first kappa shape index (κ1) is 24.5. The fourth-order valence-electron chi connectivity index (χ4n) is 5.87. The van der Waals surface area contributed by atoms with Crippen LogP contribution in [0.25, 0.3) is 5.57 Å². The molecule has 2 N–H and O–H groups in total. The molecular formula is C27H39NO4S. The molecule has 0 spiro atoms. The number of aromatic carboxylic acids is 1. The van der Waals surface area contributed by atoms with E-state index in [4.69, 9.17) is 0 Å². The number of aliphatic hydroxyl groups excluding tert-OH is 1. The highest BCUT2D eigenvalue weighted by Crippen LogP contribution is 2.44. The highest BCUT2D eigenvalue weighted by atomic mass is 32.1. The quantitative estimate of drug-likeness (QED) is 0.586. The SMILES string of the molecule is CC1CCC(C2=C(c3cc(C(C)(C)C)sc3C(=O)O)CN(C(=O)C3CCC(O)C3)CC2)CC1. The Labute approximate surface area is 201 Å². The van der Waals surface area contributed by atoms with Crippen molar-refractivity contribution >= 4 is 28.8 Å². The van der Waals surface area contributed by atoms with Crippen molar-refractivity contribution in [2.75, 3.05) is 13.1 Å². The summed E-state index contributed by atoms with van der Waals surface area (Å²) in [6.45, 7) is 9.87. The molecule has 0 bridgehead atoms. The summed E-state index contributed by atoms with van der Waals surface area (Å²) < 4.78 is 0. The van der Waals surface area contributed by atoms with E-state index in [1.807, 2.05) is 4.90 Å². The smallest absolute Gasteiger partial charge is 0.346 e. The molecule has 6 heteroatoms. The Morgan fingerprint density at radius 3 is 2.36 bits per heavy atom. The largest absolute Gasteiger partial charge is 0.477 e. The van der Waals surface area contributed by atoms with Gasteiger partial charge < -0.3 is 15.1 Å². The van der Waals surface area contributed by atoms with Crippen molar-refractivity contribution in [1.29, 1.82) is 0 Å². The average Bonchev–Trinajstić information content (AvgIpc) is 3.40. The summed E-state index contributed by atoms with van der Waals surface area (Å²) in [5.41, 5.74) is 3.17. The van der Waals surface area contributed by atoms with E-state index in [9.17, 15) is 19.8 Å². The van der Waals surface area contributed by atoms with Crippen LogP contribution in [0.4, 0.5) is 0 Å². The van der Waals surface area contributed by atoms with Crippen LogP contribution in [0.5, 0.6) is 0 Å². The van der Waals surface area contributed by atoms with Gasteiger partial charge in [0.2, 0.25) is 5.91 Å². The number of hydrogen-bond acceptors (Lipinski definition) is 4. The van der Waals surface area contributed by atoms with E-state index in [1.165, 1.54) is 29.8 Å². The lowest BCUT2D eigenvalue weighted by Gasteiger charge is -2.37. The maximum atomic E-state index is 13.3. The molecule has 2 saturated carbocycles. The first-order valence-electron chi connectivity index (χ1n) is 12.6. The number of rotatable bonds is 4. The normalized spacial score (nSPS) is 28.9. The Kier molecular flexibility index (Phi) is 7.07. The van der Waals surface area contributed by atoms with Crippen molar-refractivity contribution in [3.8, 4) is 0 Å². The van der Waals surface area contributed by atoms with Crippen LogP contribution in [0, 0.1) is 17.8 Å². The van der Waals surface area contributed by atoms with Gasteiger partial charge in [-0.3, -0.25) is 4.79 Å². The van der Waals surface area contributed by atoms with Crippen molar-refractivity contribution in [3.63, 3.8) is 0 Å². The molecule has 4 rings (SSSR count). The Balaban J connectivity index is 1.73. The lowest BCUT2D eigenvalue weighted by atomic mass is 9.75. The fraction of sp³-hybridized carbons (Fsp3) is 0.704. The van der Waals surface area contributed by atoms with Gasteiger partial charge in [-0.05, 0) is 67.4 Å². The van der Waals surface area contributed by atoms with Gasteiger partial charge in [-0.25, -0.2) is 4.79 Å². The van der Waals surface area contributed by atoms with Crippen LogP contribution < -0.4 is 0 Å². The van der Waals surface area contributed by atoms with Gasteiger partial charge in [0, 0.05) is 29.4 Å². The number of thiophene rings is 1. The third kappa shape index (κ3) is 5.22. The monoisotopic (exact) mass is 473 g/mol. The zero-order valence-electron chi connectivity index (χ0n) is 20.5. The van der Waals surface area contributed by atoms with E-state index in [-0.39, 0.29) is 23.3 Å². The average molecular weight is 474 g/mol. The zero-order chi connectivity index (χ0) is 23.9. The lowest BCUT2D eigenvalue weighted by Crippen LogP contribution is -2.41. The van der Waals surface area contributed by atoms with Crippen LogP contribution >= 0.6 is 11.3 Å². The van der Waals surface area contributed by atoms with Gasteiger partial charge in [0.1, 0.15) is 4.88 Å². The molecule has 2 aliphatic carbocycles. The molecule has 5 nitrogen and oxygen atoms in total. The summed E-state index contributed by atoms with van der Waals surface area (Å²) in [4.78, 5) is 29.0. The standard InChI is InChI=1S/C27H39NO4S/c1-16-5-7-17(8-6-16)20-11-12-28(25(30)18-9-10-19(29)13-18)15-22(20)21-14-23(27(2,3)4)33-24(21)26(31)32/h14,16-19,29H,5-13,15H2,1-4H3,(H,31,32). The van der Waals surface area contributed by atoms with Gasteiger partial charge >= 0.3 is 5.97 Å². The van der Waals surface area contributed by atoms with E-state index in [1.54, 1.807) is 0 Å². The number of amides is 1. The first-order valence-corrected chi connectivity index (χ1v) is 13.4. The molecular weight excluding hydrogens is 434 g/mol. The minimum atomic E-state index is -0.878. The number of nitrogens with zero attached hydrogens (tertiary/aromatic N) is 1. The molecule has 182 valence electrons. The van der Waals surface area contributed by atoms with Gasteiger partial charge in [-0.15, -0.1) is 11.3 Å². The third-order valence-corrected chi connectivity index (χ3v) is 9.50. The number of carboxylic acids is 1. The summed E-state index contributed by atoms with van der Waals surface area (Å²) in [6, 6.07) is 2.09. The number of carbonyl (C=O) groups is 2. The predicted octanol–water partition coefficient (Wildman–Crippen LogP) is 5.72. The molecule has 0 radical (unpaired) electrons. The van der Waals surface area contributed by atoms with Crippen LogP contribution in [0.15, 0.2) is 11.6 Å². The molecule has 1 aromatic rings. The maximum absolute atomic E-state index is 13.3. The summed E-state index contributed by atoms with van der Waals surface area (Å²) in [6.07, 6.45) is 7.19. The third-order valence-electron chi connectivity index (χ3n) is 7.95. The number of aliphatic hydroxyl groups is 1. The van der Waals surface area contributed by atoms with E-state index in [0.717, 1.165) is 47.6 Å². The van der Waals surface area contributed by atoms with Gasteiger partial charge in [0.15, 0.2) is 0 Å². The molecule has 2 unspecified atom stereocenters. The Morgan fingerprint density at radius 1 is 1.09 bits per heavy atom. The van der Waals surface area contributed by atoms with Crippen LogP contribution in [-0.4, -0.2) is 46.2 Å². The molecule has 3 aliphatic rings. The summed E-state index contributed by atoms with van der Waals surface area (Å²) in [5, 5.41) is 20.0. The van der Waals surface area contributed by atoms with Crippen molar-refractivity contribution in [3.05, 3.63) is 27.0 Å². The van der Waals surface area contributed by atoms with E-state index in [2.05, 4.69) is 33.8 Å². The van der Waals surface area contributed by atoms with E-state index < -0.39 is 5.97 Å². The fourth-order valence-corrected chi connectivity index (χ4v) is 6.95. The van der Waals surface area contributed by atoms with Gasteiger partial charge in [-0.1, -0.05) is 46.1 Å². The van der Waals surface area contributed by atoms with Gasteiger partial charge in [0.05, 0.1) is 6.10 Å². The topological polar surface area (TPSA) is 77.8 Å². The molecule has 33 heavy (non-hydrogen) atoms. The number of carbonyl (C=O) groups excluding carboxylic acids is 1. The number of carboxylic acid groups (broad SMARTS) is 1. The highest BCUT2D eigenvalue weighted by Gasteiger charge is 2.37. The first-order chi connectivity index (χ1) is 15.5. The van der Waals surface area contributed by atoms with Crippen molar-refractivity contribution in [2.45, 2.75) is 90.6 Å². The summed E-state index contributed by atoms with van der Waals surface area (Å²) >= 11 is 1.38. The predicted molar refractivity (Wildman–Crippen MR) is 133 cm³/mol. The number of hydrogen-bond donors (Lipinski definition) is 2. The van der Waals surface area contributed by atoms with Gasteiger partial charge in [-0.2, -0.15) is 0 Å². The molecule has 1 aromatic heterocycles.